The van der Waals surface area contributed by atoms with Crippen molar-refractivity contribution in [3.63, 3.8) is 0 Å². The van der Waals surface area contributed by atoms with Crippen LogP contribution in [0.25, 0.3) is 0 Å². The van der Waals surface area contributed by atoms with Gasteiger partial charge in [-0.2, -0.15) is 0 Å². The van der Waals surface area contributed by atoms with Crippen molar-refractivity contribution in [1.82, 2.24) is 5.32 Å². The lowest BCUT2D eigenvalue weighted by Gasteiger charge is -2.21. The second kappa shape index (κ2) is 6.33. The van der Waals surface area contributed by atoms with Crippen molar-refractivity contribution in [3.05, 3.63) is 28.8 Å². The van der Waals surface area contributed by atoms with Crippen LogP contribution in [-0.4, -0.2) is 18.6 Å². The molecule has 19 heavy (non-hydrogen) atoms. The average molecular weight is 271 g/mol. The van der Waals surface area contributed by atoms with Crippen molar-refractivity contribution >= 4 is 0 Å². The van der Waals surface area contributed by atoms with Crippen LogP contribution in [0.15, 0.2) is 12.1 Å². The van der Waals surface area contributed by atoms with E-state index in [1.807, 2.05) is 26.0 Å². The van der Waals surface area contributed by atoms with Crippen LogP contribution in [0.5, 0.6) is 5.75 Å². The molecule has 4 heteroatoms. The average Bonchev–Trinajstić information content (AvgIpc) is 2.23. The summed E-state index contributed by atoms with van der Waals surface area (Å²) in [6.45, 7) is 10.3. The predicted octanol–water partition coefficient (Wildman–Crippen LogP) is 3.84. The van der Waals surface area contributed by atoms with Gasteiger partial charge in [-0.05, 0) is 51.3 Å². The summed E-state index contributed by atoms with van der Waals surface area (Å²) in [7, 11) is 0. The molecule has 108 valence electrons. The molecular formula is C15H23F2NO. The van der Waals surface area contributed by atoms with Gasteiger partial charge in [0.25, 0.3) is 6.43 Å². The van der Waals surface area contributed by atoms with Crippen molar-refractivity contribution in [3.8, 4) is 5.75 Å². The topological polar surface area (TPSA) is 21.3 Å². The van der Waals surface area contributed by atoms with E-state index in [0.29, 0.717) is 5.75 Å². The van der Waals surface area contributed by atoms with Crippen LogP contribution < -0.4 is 10.1 Å². The molecule has 2 nitrogen and oxygen atoms in total. The minimum atomic E-state index is -2.44. The first kappa shape index (κ1) is 15.9. The van der Waals surface area contributed by atoms with Gasteiger partial charge in [-0.3, -0.25) is 0 Å². The van der Waals surface area contributed by atoms with Gasteiger partial charge in [0.2, 0.25) is 0 Å². The Morgan fingerprint density at radius 3 is 2.11 bits per heavy atom. The molecule has 1 aromatic rings. The number of halogens is 2. The summed E-state index contributed by atoms with van der Waals surface area (Å²) in [6.07, 6.45) is -2.44. The fourth-order valence-electron chi connectivity index (χ4n) is 1.88. The van der Waals surface area contributed by atoms with Gasteiger partial charge < -0.3 is 10.1 Å². The second-order valence-corrected chi connectivity index (χ2v) is 5.86. The Kier molecular flexibility index (Phi) is 5.29. The molecular weight excluding hydrogens is 248 g/mol. The maximum absolute atomic E-state index is 12.2. The van der Waals surface area contributed by atoms with Crippen LogP contribution in [0.4, 0.5) is 8.78 Å². The minimum Gasteiger partial charge on any atom is -0.487 e. The van der Waals surface area contributed by atoms with Gasteiger partial charge in [0.15, 0.2) is 0 Å². The van der Waals surface area contributed by atoms with Crippen LogP contribution in [0, 0.1) is 13.8 Å². The Balaban J connectivity index is 2.79. The lowest BCUT2D eigenvalue weighted by molar-refractivity contribution is 0.0812. The van der Waals surface area contributed by atoms with Crippen molar-refractivity contribution in [2.45, 2.75) is 53.1 Å². The molecule has 1 aromatic carbocycles. The van der Waals surface area contributed by atoms with Gasteiger partial charge >= 0.3 is 0 Å². The minimum absolute atomic E-state index is 0.0483. The van der Waals surface area contributed by atoms with Gasteiger partial charge in [-0.1, -0.05) is 12.1 Å². The fraction of sp³-hybridized carbons (Fsp3) is 0.600. The Hall–Kier alpha value is -1.16. The maximum atomic E-state index is 12.2. The van der Waals surface area contributed by atoms with Gasteiger partial charge in [0.05, 0.1) is 0 Å². The molecule has 1 rings (SSSR count). The third kappa shape index (κ3) is 5.55. The molecule has 1 N–H and O–H groups in total. The number of benzene rings is 1. The number of hydrogen-bond acceptors (Lipinski definition) is 2. The molecule has 0 aromatic heterocycles. The van der Waals surface area contributed by atoms with Crippen molar-refractivity contribution in [1.29, 1.82) is 0 Å². The molecule has 0 unspecified atom stereocenters. The van der Waals surface area contributed by atoms with E-state index in [2.05, 4.69) is 26.1 Å². The molecule has 0 spiro atoms. The summed E-state index contributed by atoms with van der Waals surface area (Å²) in [5, 5.41) is 3.40. The largest absolute Gasteiger partial charge is 0.487 e. The van der Waals surface area contributed by atoms with E-state index in [-0.39, 0.29) is 5.54 Å². The highest BCUT2D eigenvalue weighted by Crippen LogP contribution is 2.25. The highest BCUT2D eigenvalue weighted by atomic mass is 19.3. The third-order valence-electron chi connectivity index (χ3n) is 2.70. The zero-order valence-electron chi connectivity index (χ0n) is 12.3. The number of rotatable bonds is 5. The predicted molar refractivity (Wildman–Crippen MR) is 74.0 cm³/mol. The first-order chi connectivity index (χ1) is 8.69. The van der Waals surface area contributed by atoms with Gasteiger partial charge in [-0.15, -0.1) is 0 Å². The SMILES string of the molecule is Cc1cc(CNC(C)(C)C)cc(C)c1OCC(F)F. The van der Waals surface area contributed by atoms with E-state index in [9.17, 15) is 8.78 Å². The van der Waals surface area contributed by atoms with Crippen LogP contribution in [-0.2, 0) is 6.54 Å². The summed E-state index contributed by atoms with van der Waals surface area (Å²) in [4.78, 5) is 0. The van der Waals surface area contributed by atoms with Gasteiger partial charge in [-0.25, -0.2) is 8.78 Å². The van der Waals surface area contributed by atoms with Gasteiger partial charge in [0, 0.05) is 12.1 Å². The van der Waals surface area contributed by atoms with Crippen molar-refractivity contribution in [2.24, 2.45) is 0 Å². The summed E-state index contributed by atoms with van der Waals surface area (Å²) < 4.78 is 29.5. The molecule has 0 fully saturated rings. The Morgan fingerprint density at radius 2 is 1.68 bits per heavy atom. The number of aryl methyl sites for hydroxylation is 2. The molecule has 0 aliphatic heterocycles. The third-order valence-corrected chi connectivity index (χ3v) is 2.70. The van der Waals surface area contributed by atoms with Crippen LogP contribution in [0.2, 0.25) is 0 Å². The second-order valence-electron chi connectivity index (χ2n) is 5.86. The summed E-state index contributed by atoms with van der Waals surface area (Å²) >= 11 is 0. The molecule has 0 saturated carbocycles. The van der Waals surface area contributed by atoms with Gasteiger partial charge in [0.1, 0.15) is 12.4 Å². The summed E-state index contributed by atoms with van der Waals surface area (Å²) in [6, 6.07) is 3.96. The van der Waals surface area contributed by atoms with Crippen molar-refractivity contribution < 1.29 is 13.5 Å². The quantitative estimate of drug-likeness (QED) is 0.878. The van der Waals surface area contributed by atoms with E-state index < -0.39 is 13.0 Å². The van der Waals surface area contributed by atoms with E-state index in [0.717, 1.165) is 23.2 Å². The highest BCUT2D eigenvalue weighted by molar-refractivity contribution is 5.43. The molecule has 0 bridgehead atoms. The maximum Gasteiger partial charge on any atom is 0.272 e. The zero-order chi connectivity index (χ0) is 14.6. The lowest BCUT2D eigenvalue weighted by Crippen LogP contribution is -2.35. The van der Waals surface area contributed by atoms with E-state index in [4.69, 9.17) is 4.74 Å². The molecule has 0 amide bonds. The Bertz CT molecular complexity index is 402. The molecule has 0 saturated heterocycles. The first-order valence-electron chi connectivity index (χ1n) is 6.45. The number of ether oxygens (including phenoxy) is 1. The monoisotopic (exact) mass is 271 g/mol. The smallest absolute Gasteiger partial charge is 0.272 e. The van der Waals surface area contributed by atoms with Crippen LogP contribution in [0.1, 0.15) is 37.5 Å². The molecule has 0 aliphatic rings. The van der Waals surface area contributed by atoms with Crippen LogP contribution >= 0.6 is 0 Å². The normalized spacial score (nSPS) is 12.0. The molecule has 0 heterocycles. The van der Waals surface area contributed by atoms with E-state index in [1.165, 1.54) is 0 Å². The molecule has 0 atom stereocenters. The molecule has 0 radical (unpaired) electrons. The highest BCUT2D eigenvalue weighted by Gasteiger charge is 2.12. The number of hydrogen-bond donors (Lipinski definition) is 1. The van der Waals surface area contributed by atoms with E-state index in [1.54, 1.807) is 0 Å². The first-order valence-corrected chi connectivity index (χ1v) is 6.45. The molecule has 0 aliphatic carbocycles. The Morgan fingerprint density at radius 1 is 1.16 bits per heavy atom. The number of nitrogens with one attached hydrogen (secondary N) is 1. The number of alkyl halides is 2. The Labute approximate surface area is 114 Å². The zero-order valence-corrected chi connectivity index (χ0v) is 12.3. The summed E-state index contributed by atoms with van der Waals surface area (Å²) in [5.41, 5.74) is 2.97. The van der Waals surface area contributed by atoms with Crippen LogP contribution in [0.3, 0.4) is 0 Å². The van der Waals surface area contributed by atoms with Crippen molar-refractivity contribution in [2.75, 3.05) is 6.61 Å². The fourth-order valence-corrected chi connectivity index (χ4v) is 1.88. The van der Waals surface area contributed by atoms with E-state index >= 15 is 0 Å². The standard InChI is InChI=1S/C15H23F2NO/c1-10-6-12(8-18-15(3,4)5)7-11(2)14(10)19-9-13(16)17/h6-7,13,18H,8-9H2,1-5H3. The lowest BCUT2D eigenvalue weighted by atomic mass is 10.0. The summed E-state index contributed by atoms with van der Waals surface area (Å²) in [5.74, 6) is 0.569.